The molecule has 0 amide bonds. The first-order valence-electron chi connectivity index (χ1n) is 5.60. The van der Waals surface area contributed by atoms with E-state index in [0.29, 0.717) is 5.56 Å². The third-order valence-electron chi connectivity index (χ3n) is 3.03. The molecule has 0 saturated carbocycles. The van der Waals surface area contributed by atoms with Gasteiger partial charge in [-0.05, 0) is 38.0 Å². The molecule has 2 aromatic rings. The zero-order valence-electron chi connectivity index (χ0n) is 10.3. The van der Waals surface area contributed by atoms with Crippen molar-refractivity contribution in [3.8, 4) is 22.6 Å². The molecular weight excluding hydrogens is 212 g/mol. The van der Waals surface area contributed by atoms with Crippen molar-refractivity contribution in [3.63, 3.8) is 0 Å². The van der Waals surface area contributed by atoms with E-state index in [2.05, 4.69) is 0 Å². The summed E-state index contributed by atoms with van der Waals surface area (Å²) >= 11 is 0. The summed E-state index contributed by atoms with van der Waals surface area (Å²) in [7, 11) is 0. The van der Waals surface area contributed by atoms with Crippen LogP contribution in [0.4, 0.5) is 0 Å². The molecule has 0 fully saturated rings. The highest BCUT2D eigenvalue weighted by atomic mass is 16.3. The fraction of sp³-hybridized carbons (Fsp3) is 0.200. The van der Waals surface area contributed by atoms with E-state index in [0.717, 1.165) is 22.3 Å². The summed E-state index contributed by atoms with van der Waals surface area (Å²) in [4.78, 5) is 0. The fourth-order valence-corrected chi connectivity index (χ4v) is 2.05. The molecule has 0 radical (unpaired) electrons. The Labute approximate surface area is 101 Å². The van der Waals surface area contributed by atoms with Gasteiger partial charge in [-0.15, -0.1) is 0 Å². The molecule has 2 rings (SSSR count). The van der Waals surface area contributed by atoms with Crippen molar-refractivity contribution in [2.75, 3.05) is 0 Å². The first-order valence-corrected chi connectivity index (χ1v) is 5.60. The molecule has 0 unspecified atom stereocenters. The SMILES string of the molecule is Cc1cccc(-c2c(C)cc(O)c(C)c2O)c1. The third kappa shape index (κ3) is 1.98. The topological polar surface area (TPSA) is 40.5 Å². The van der Waals surface area contributed by atoms with Gasteiger partial charge in [-0.1, -0.05) is 29.8 Å². The summed E-state index contributed by atoms with van der Waals surface area (Å²) in [6, 6.07) is 9.66. The van der Waals surface area contributed by atoms with Gasteiger partial charge in [0.1, 0.15) is 11.5 Å². The van der Waals surface area contributed by atoms with Crippen LogP contribution < -0.4 is 0 Å². The van der Waals surface area contributed by atoms with Crippen molar-refractivity contribution >= 4 is 0 Å². The van der Waals surface area contributed by atoms with Gasteiger partial charge in [0.15, 0.2) is 0 Å². The molecule has 0 atom stereocenters. The summed E-state index contributed by atoms with van der Waals surface area (Å²) in [6.45, 7) is 5.61. The molecule has 0 aromatic heterocycles. The van der Waals surface area contributed by atoms with E-state index >= 15 is 0 Å². The molecule has 0 spiro atoms. The van der Waals surface area contributed by atoms with Gasteiger partial charge < -0.3 is 10.2 Å². The Hall–Kier alpha value is -1.96. The van der Waals surface area contributed by atoms with Crippen LogP contribution in [0.25, 0.3) is 11.1 Å². The van der Waals surface area contributed by atoms with Crippen LogP contribution in [0.15, 0.2) is 30.3 Å². The molecule has 0 bridgehead atoms. The Kier molecular flexibility index (Phi) is 2.80. The maximum Gasteiger partial charge on any atom is 0.130 e. The van der Waals surface area contributed by atoms with E-state index in [1.54, 1.807) is 13.0 Å². The van der Waals surface area contributed by atoms with E-state index in [-0.39, 0.29) is 11.5 Å². The molecule has 0 aliphatic carbocycles. The Morgan fingerprint density at radius 3 is 2.29 bits per heavy atom. The standard InChI is InChI=1S/C15H16O2/c1-9-5-4-6-12(7-9)14-10(2)8-13(16)11(3)15(14)17/h4-8,16-17H,1-3H3. The molecule has 2 aromatic carbocycles. The van der Waals surface area contributed by atoms with E-state index in [1.807, 2.05) is 38.1 Å². The second kappa shape index (κ2) is 4.13. The largest absolute Gasteiger partial charge is 0.508 e. The molecule has 2 heteroatoms. The van der Waals surface area contributed by atoms with Crippen LogP contribution in [-0.4, -0.2) is 10.2 Å². The lowest BCUT2D eigenvalue weighted by Gasteiger charge is -2.13. The van der Waals surface area contributed by atoms with Crippen molar-refractivity contribution in [3.05, 3.63) is 47.0 Å². The molecule has 0 heterocycles. The predicted molar refractivity (Wildman–Crippen MR) is 69.4 cm³/mol. The highest BCUT2D eigenvalue weighted by molar-refractivity contribution is 5.77. The van der Waals surface area contributed by atoms with Crippen molar-refractivity contribution in [1.82, 2.24) is 0 Å². The number of aromatic hydroxyl groups is 2. The Morgan fingerprint density at radius 1 is 0.941 bits per heavy atom. The number of phenols is 2. The number of hydrogen-bond donors (Lipinski definition) is 2. The van der Waals surface area contributed by atoms with Crippen LogP contribution in [0.5, 0.6) is 11.5 Å². The first kappa shape index (κ1) is 11.5. The number of phenolic OH excluding ortho intramolecular Hbond substituents is 2. The zero-order chi connectivity index (χ0) is 12.6. The minimum atomic E-state index is 0.136. The fourth-order valence-electron chi connectivity index (χ4n) is 2.05. The van der Waals surface area contributed by atoms with Gasteiger partial charge >= 0.3 is 0 Å². The smallest absolute Gasteiger partial charge is 0.130 e. The minimum absolute atomic E-state index is 0.136. The molecule has 2 N–H and O–H groups in total. The number of rotatable bonds is 1. The van der Waals surface area contributed by atoms with Crippen LogP contribution in [-0.2, 0) is 0 Å². The van der Waals surface area contributed by atoms with Crippen molar-refractivity contribution in [1.29, 1.82) is 0 Å². The Morgan fingerprint density at radius 2 is 1.65 bits per heavy atom. The highest BCUT2D eigenvalue weighted by Crippen LogP contribution is 2.39. The summed E-state index contributed by atoms with van der Waals surface area (Å²) in [6.07, 6.45) is 0. The molecule has 17 heavy (non-hydrogen) atoms. The van der Waals surface area contributed by atoms with Gasteiger partial charge in [-0.2, -0.15) is 0 Å². The van der Waals surface area contributed by atoms with Crippen molar-refractivity contribution < 1.29 is 10.2 Å². The number of hydrogen-bond acceptors (Lipinski definition) is 2. The normalized spacial score (nSPS) is 10.5. The number of aryl methyl sites for hydroxylation is 2. The summed E-state index contributed by atoms with van der Waals surface area (Å²) in [5.74, 6) is 0.296. The first-order chi connectivity index (χ1) is 8.00. The number of benzene rings is 2. The minimum Gasteiger partial charge on any atom is -0.508 e. The lowest BCUT2D eigenvalue weighted by atomic mass is 9.95. The average Bonchev–Trinajstić information content (AvgIpc) is 2.26. The third-order valence-corrected chi connectivity index (χ3v) is 3.03. The Bertz CT molecular complexity index is 571. The van der Waals surface area contributed by atoms with Gasteiger partial charge in [-0.3, -0.25) is 0 Å². The van der Waals surface area contributed by atoms with Crippen LogP contribution in [0.3, 0.4) is 0 Å². The zero-order valence-corrected chi connectivity index (χ0v) is 10.3. The second-order valence-corrected chi connectivity index (χ2v) is 4.43. The second-order valence-electron chi connectivity index (χ2n) is 4.43. The summed E-state index contributed by atoms with van der Waals surface area (Å²) in [5, 5.41) is 19.8. The molecule has 0 aliphatic rings. The highest BCUT2D eigenvalue weighted by Gasteiger charge is 2.13. The van der Waals surface area contributed by atoms with Crippen LogP contribution >= 0.6 is 0 Å². The maximum absolute atomic E-state index is 10.1. The molecule has 0 aliphatic heterocycles. The van der Waals surface area contributed by atoms with E-state index in [9.17, 15) is 10.2 Å². The van der Waals surface area contributed by atoms with Gasteiger partial charge in [0.25, 0.3) is 0 Å². The average molecular weight is 228 g/mol. The van der Waals surface area contributed by atoms with Crippen molar-refractivity contribution in [2.24, 2.45) is 0 Å². The van der Waals surface area contributed by atoms with Crippen LogP contribution in [0.2, 0.25) is 0 Å². The lowest BCUT2D eigenvalue weighted by Crippen LogP contribution is -1.89. The molecule has 0 saturated heterocycles. The van der Waals surface area contributed by atoms with Gasteiger partial charge in [0.2, 0.25) is 0 Å². The van der Waals surface area contributed by atoms with Crippen LogP contribution in [0, 0.1) is 20.8 Å². The van der Waals surface area contributed by atoms with Gasteiger partial charge in [0.05, 0.1) is 0 Å². The van der Waals surface area contributed by atoms with E-state index in [4.69, 9.17) is 0 Å². The van der Waals surface area contributed by atoms with Crippen molar-refractivity contribution in [2.45, 2.75) is 20.8 Å². The maximum atomic E-state index is 10.1. The van der Waals surface area contributed by atoms with Gasteiger partial charge in [-0.25, -0.2) is 0 Å². The van der Waals surface area contributed by atoms with E-state index < -0.39 is 0 Å². The summed E-state index contributed by atoms with van der Waals surface area (Å²) < 4.78 is 0. The van der Waals surface area contributed by atoms with E-state index in [1.165, 1.54) is 0 Å². The summed E-state index contributed by atoms with van der Waals surface area (Å²) in [5.41, 5.74) is 4.31. The molecule has 88 valence electrons. The van der Waals surface area contributed by atoms with Gasteiger partial charge in [0, 0.05) is 11.1 Å². The molecule has 2 nitrogen and oxygen atoms in total. The van der Waals surface area contributed by atoms with Crippen LogP contribution in [0.1, 0.15) is 16.7 Å². The quantitative estimate of drug-likeness (QED) is 0.781. The monoisotopic (exact) mass is 228 g/mol. The lowest BCUT2D eigenvalue weighted by molar-refractivity contribution is 0.444. The predicted octanol–water partition coefficient (Wildman–Crippen LogP) is 3.69. The molecular formula is C15H16O2. The Balaban J connectivity index is 2.72.